The van der Waals surface area contributed by atoms with Crippen molar-refractivity contribution in [2.45, 2.75) is 24.9 Å². The molecule has 0 spiro atoms. The average Bonchev–Trinajstić information content (AvgIpc) is 3.08. The number of carbonyl (C=O) groups is 1. The highest BCUT2D eigenvalue weighted by atomic mass is 19.1. The summed E-state index contributed by atoms with van der Waals surface area (Å²) in [6, 6.07) is 5.04. The number of carbonyl (C=O) groups excluding carboxylic acids is 1. The molecule has 0 saturated carbocycles. The van der Waals surface area contributed by atoms with E-state index in [0.29, 0.717) is 24.2 Å². The van der Waals surface area contributed by atoms with Crippen LogP contribution in [0.1, 0.15) is 24.1 Å². The van der Waals surface area contributed by atoms with Gasteiger partial charge in [0.15, 0.2) is 11.6 Å². The molecule has 1 aliphatic heterocycles. The fourth-order valence-electron chi connectivity index (χ4n) is 3.51. The van der Waals surface area contributed by atoms with Gasteiger partial charge in [0.25, 0.3) is 0 Å². The van der Waals surface area contributed by atoms with Crippen molar-refractivity contribution >= 4 is 5.91 Å². The number of hydrogen-bond acceptors (Lipinski definition) is 5. The molecule has 0 radical (unpaired) electrons. The quantitative estimate of drug-likeness (QED) is 0.897. The number of methoxy groups -OCH3 is 1. The van der Waals surface area contributed by atoms with E-state index in [1.807, 2.05) is 4.90 Å². The van der Waals surface area contributed by atoms with Crippen LogP contribution in [0.15, 0.2) is 36.8 Å². The number of nitrogens with one attached hydrogen (secondary N) is 1. The van der Waals surface area contributed by atoms with Gasteiger partial charge in [0.2, 0.25) is 5.91 Å². The van der Waals surface area contributed by atoms with E-state index in [-0.39, 0.29) is 18.2 Å². The van der Waals surface area contributed by atoms with Crippen LogP contribution >= 0.6 is 0 Å². The Morgan fingerprint density at radius 3 is 2.96 bits per heavy atom. The zero-order valence-electron chi connectivity index (χ0n) is 14.3. The van der Waals surface area contributed by atoms with Crippen molar-refractivity contribution < 1.29 is 13.9 Å². The number of benzene rings is 1. The predicted molar refractivity (Wildman–Crippen MR) is 90.4 cm³/mol. The second-order valence-electron chi connectivity index (χ2n) is 5.99. The third-order valence-corrected chi connectivity index (χ3v) is 4.72. The van der Waals surface area contributed by atoms with Gasteiger partial charge in [0.05, 0.1) is 19.0 Å². The summed E-state index contributed by atoms with van der Waals surface area (Å²) in [5.41, 5.74) is 0.118. The van der Waals surface area contributed by atoms with Gasteiger partial charge in [0, 0.05) is 31.5 Å². The molecule has 25 heavy (non-hydrogen) atoms. The number of hydrogen-bond donors (Lipinski definition) is 1. The largest absolute Gasteiger partial charge is 0.494 e. The van der Waals surface area contributed by atoms with E-state index in [0.717, 1.165) is 6.42 Å². The summed E-state index contributed by atoms with van der Waals surface area (Å²) in [7, 11) is 3.04. The number of likely N-dealkylation sites (N-methyl/N-ethyl adjacent to an activating group) is 1. The SMILES string of the molecule is CNC(=O)[C@]1(c2cnccn2)CCCN1Cc1cccc(OC)c1F. The van der Waals surface area contributed by atoms with Gasteiger partial charge in [-0.15, -0.1) is 0 Å². The molecule has 0 unspecified atom stereocenters. The number of halogens is 1. The topological polar surface area (TPSA) is 67.4 Å². The van der Waals surface area contributed by atoms with E-state index in [2.05, 4.69) is 15.3 Å². The van der Waals surface area contributed by atoms with Crippen molar-refractivity contribution in [2.75, 3.05) is 20.7 Å². The molecule has 2 heterocycles. The summed E-state index contributed by atoms with van der Waals surface area (Å²) >= 11 is 0. The first-order valence-electron chi connectivity index (χ1n) is 8.18. The monoisotopic (exact) mass is 344 g/mol. The van der Waals surface area contributed by atoms with E-state index in [1.54, 1.807) is 43.8 Å². The van der Waals surface area contributed by atoms with Crippen molar-refractivity contribution in [3.63, 3.8) is 0 Å². The molecule has 2 aromatic rings. The van der Waals surface area contributed by atoms with Gasteiger partial charge in [-0.2, -0.15) is 0 Å². The highest BCUT2D eigenvalue weighted by Crippen LogP contribution is 2.39. The number of rotatable bonds is 5. The minimum Gasteiger partial charge on any atom is -0.494 e. The summed E-state index contributed by atoms with van der Waals surface area (Å²) in [5.74, 6) is -0.364. The van der Waals surface area contributed by atoms with Gasteiger partial charge < -0.3 is 10.1 Å². The minimum atomic E-state index is -0.946. The Hall–Kier alpha value is -2.54. The van der Waals surface area contributed by atoms with Crippen LogP contribution in [0.2, 0.25) is 0 Å². The normalized spacial score (nSPS) is 20.4. The Balaban J connectivity index is 2.01. The lowest BCUT2D eigenvalue weighted by molar-refractivity contribution is -0.132. The molecule has 132 valence electrons. The van der Waals surface area contributed by atoms with Crippen molar-refractivity contribution in [1.29, 1.82) is 0 Å². The third kappa shape index (κ3) is 2.95. The zero-order chi connectivity index (χ0) is 17.9. The Bertz CT molecular complexity index is 756. The molecule has 1 amide bonds. The van der Waals surface area contributed by atoms with E-state index >= 15 is 0 Å². The lowest BCUT2D eigenvalue weighted by Crippen LogP contribution is -2.52. The van der Waals surface area contributed by atoms with E-state index in [9.17, 15) is 9.18 Å². The van der Waals surface area contributed by atoms with Crippen LogP contribution in [0.5, 0.6) is 5.75 Å². The maximum atomic E-state index is 14.6. The minimum absolute atomic E-state index is 0.159. The van der Waals surface area contributed by atoms with Crippen molar-refractivity contribution in [3.05, 3.63) is 53.9 Å². The third-order valence-electron chi connectivity index (χ3n) is 4.72. The number of ether oxygens (including phenoxy) is 1. The summed E-state index contributed by atoms with van der Waals surface area (Å²) in [6.07, 6.45) is 6.17. The molecule has 1 aromatic carbocycles. The molecule has 1 aliphatic rings. The lowest BCUT2D eigenvalue weighted by atomic mass is 9.90. The molecule has 1 saturated heterocycles. The molecule has 0 bridgehead atoms. The van der Waals surface area contributed by atoms with Crippen LogP contribution in [0.3, 0.4) is 0 Å². The summed E-state index contributed by atoms with van der Waals surface area (Å²) < 4.78 is 19.6. The first-order chi connectivity index (χ1) is 12.1. The predicted octanol–water partition coefficient (Wildman–Crippen LogP) is 1.86. The molecule has 6 nitrogen and oxygen atoms in total. The summed E-state index contributed by atoms with van der Waals surface area (Å²) in [6.45, 7) is 0.952. The molecule has 3 rings (SSSR count). The molecule has 1 aromatic heterocycles. The molecule has 1 atom stereocenters. The Morgan fingerprint density at radius 2 is 2.28 bits per heavy atom. The van der Waals surface area contributed by atoms with E-state index in [4.69, 9.17) is 4.74 Å². The van der Waals surface area contributed by atoms with Gasteiger partial charge >= 0.3 is 0 Å². The Morgan fingerprint density at radius 1 is 1.44 bits per heavy atom. The zero-order valence-corrected chi connectivity index (χ0v) is 14.3. The van der Waals surface area contributed by atoms with Crippen LogP contribution in [0, 0.1) is 5.82 Å². The van der Waals surface area contributed by atoms with Crippen LogP contribution in [0.4, 0.5) is 4.39 Å². The molecular formula is C18H21FN4O2. The smallest absolute Gasteiger partial charge is 0.246 e. The number of likely N-dealkylation sites (tertiary alicyclic amines) is 1. The molecular weight excluding hydrogens is 323 g/mol. The highest BCUT2D eigenvalue weighted by Gasteiger charge is 2.49. The van der Waals surface area contributed by atoms with Crippen LogP contribution < -0.4 is 10.1 Å². The van der Waals surface area contributed by atoms with Crippen molar-refractivity contribution in [3.8, 4) is 5.75 Å². The van der Waals surface area contributed by atoms with Crippen LogP contribution in [0.25, 0.3) is 0 Å². The van der Waals surface area contributed by atoms with Crippen molar-refractivity contribution in [1.82, 2.24) is 20.2 Å². The standard InChI is InChI=1S/C18H21FN4O2/c1-20-17(24)18(15-11-21-8-9-22-15)7-4-10-23(18)12-13-5-3-6-14(25-2)16(13)19/h3,5-6,8-9,11H,4,7,10,12H2,1-2H3,(H,20,24)/t18-/m1/s1. The molecule has 0 aliphatic carbocycles. The number of amides is 1. The first-order valence-corrected chi connectivity index (χ1v) is 8.18. The lowest BCUT2D eigenvalue weighted by Gasteiger charge is -2.36. The summed E-state index contributed by atoms with van der Waals surface area (Å²) in [5, 5.41) is 2.73. The number of aromatic nitrogens is 2. The van der Waals surface area contributed by atoms with Gasteiger partial charge in [-0.25, -0.2) is 4.39 Å². The van der Waals surface area contributed by atoms with Crippen molar-refractivity contribution in [2.24, 2.45) is 0 Å². The van der Waals surface area contributed by atoms with E-state index < -0.39 is 11.4 Å². The second-order valence-corrected chi connectivity index (χ2v) is 5.99. The average molecular weight is 344 g/mol. The Kier molecular flexibility index (Phi) is 4.94. The molecule has 7 heteroatoms. The maximum absolute atomic E-state index is 14.6. The van der Waals surface area contributed by atoms with Crippen LogP contribution in [-0.4, -0.2) is 41.5 Å². The van der Waals surface area contributed by atoms with Gasteiger partial charge in [-0.05, 0) is 25.5 Å². The van der Waals surface area contributed by atoms with Gasteiger partial charge in [-0.1, -0.05) is 12.1 Å². The Labute approximate surface area is 146 Å². The van der Waals surface area contributed by atoms with Gasteiger partial charge in [-0.3, -0.25) is 19.7 Å². The number of nitrogens with zero attached hydrogens (tertiary/aromatic N) is 3. The molecule has 1 N–H and O–H groups in total. The molecule has 1 fully saturated rings. The van der Waals surface area contributed by atoms with Crippen LogP contribution in [-0.2, 0) is 16.9 Å². The maximum Gasteiger partial charge on any atom is 0.246 e. The second kappa shape index (κ2) is 7.14. The van der Waals surface area contributed by atoms with Gasteiger partial charge in [0.1, 0.15) is 5.54 Å². The van der Waals surface area contributed by atoms with E-state index in [1.165, 1.54) is 7.11 Å². The fraction of sp³-hybridized carbons (Fsp3) is 0.389. The first kappa shape index (κ1) is 17.3. The highest BCUT2D eigenvalue weighted by molar-refractivity contribution is 5.87. The fourth-order valence-corrected chi connectivity index (χ4v) is 3.51. The summed E-state index contributed by atoms with van der Waals surface area (Å²) in [4.78, 5) is 23.3.